The van der Waals surface area contributed by atoms with Gasteiger partial charge < -0.3 is 20.6 Å². The van der Waals surface area contributed by atoms with Crippen LogP contribution in [0.1, 0.15) is 26.7 Å². The number of aliphatic carboxylic acids is 1. The number of urea groups is 1. The van der Waals surface area contributed by atoms with E-state index in [1.54, 1.807) is 6.92 Å². The van der Waals surface area contributed by atoms with E-state index in [-0.39, 0.29) is 5.91 Å². The SMILES string of the molecule is CCC1C(=O)NCCN1C(=O)N[C@H](CC)C(=O)O. The molecule has 7 heteroatoms. The lowest BCUT2D eigenvalue weighted by molar-refractivity contribution is -0.139. The van der Waals surface area contributed by atoms with E-state index < -0.39 is 24.1 Å². The largest absolute Gasteiger partial charge is 0.480 e. The van der Waals surface area contributed by atoms with E-state index >= 15 is 0 Å². The predicted octanol–water partition coefficient (Wildman–Crippen LogP) is -0.230. The minimum absolute atomic E-state index is 0.192. The quantitative estimate of drug-likeness (QED) is 0.647. The van der Waals surface area contributed by atoms with Gasteiger partial charge in [0.2, 0.25) is 5.91 Å². The van der Waals surface area contributed by atoms with E-state index in [9.17, 15) is 14.4 Å². The highest BCUT2D eigenvalue weighted by atomic mass is 16.4. The topological polar surface area (TPSA) is 98.7 Å². The molecule has 0 spiro atoms. The number of carboxylic acids is 1. The van der Waals surface area contributed by atoms with Crippen molar-refractivity contribution in [2.24, 2.45) is 0 Å². The lowest BCUT2D eigenvalue weighted by atomic mass is 10.1. The fraction of sp³-hybridized carbons (Fsp3) is 0.727. The maximum atomic E-state index is 12.0. The van der Waals surface area contributed by atoms with Crippen molar-refractivity contribution in [1.82, 2.24) is 15.5 Å². The van der Waals surface area contributed by atoms with Gasteiger partial charge >= 0.3 is 12.0 Å². The highest BCUT2D eigenvalue weighted by Crippen LogP contribution is 2.09. The zero-order valence-electron chi connectivity index (χ0n) is 10.6. The molecule has 1 unspecified atom stereocenters. The van der Waals surface area contributed by atoms with E-state index in [2.05, 4.69) is 10.6 Å². The van der Waals surface area contributed by atoms with Gasteiger partial charge in [-0.2, -0.15) is 0 Å². The number of nitrogens with one attached hydrogen (secondary N) is 2. The Morgan fingerprint density at radius 2 is 2.22 bits per heavy atom. The van der Waals surface area contributed by atoms with Gasteiger partial charge in [-0.05, 0) is 12.8 Å². The Labute approximate surface area is 106 Å². The number of carboxylic acid groups (broad SMARTS) is 1. The average Bonchev–Trinajstić information content (AvgIpc) is 2.34. The lowest BCUT2D eigenvalue weighted by Gasteiger charge is -2.35. The zero-order valence-corrected chi connectivity index (χ0v) is 10.6. The van der Waals surface area contributed by atoms with E-state index in [4.69, 9.17) is 5.11 Å². The molecule has 2 atom stereocenters. The molecule has 0 radical (unpaired) electrons. The van der Waals surface area contributed by atoms with E-state index in [0.29, 0.717) is 25.9 Å². The molecule has 0 saturated carbocycles. The van der Waals surface area contributed by atoms with Crippen molar-refractivity contribution in [3.63, 3.8) is 0 Å². The summed E-state index contributed by atoms with van der Waals surface area (Å²) < 4.78 is 0. The summed E-state index contributed by atoms with van der Waals surface area (Å²) in [7, 11) is 0. The third kappa shape index (κ3) is 3.12. The Balaban J connectivity index is 2.69. The molecular formula is C11H19N3O4. The number of rotatable bonds is 4. The molecular weight excluding hydrogens is 238 g/mol. The summed E-state index contributed by atoms with van der Waals surface area (Å²) in [6, 6.07) is -1.93. The van der Waals surface area contributed by atoms with Crippen molar-refractivity contribution in [3.05, 3.63) is 0 Å². The number of nitrogens with zero attached hydrogens (tertiary/aromatic N) is 1. The van der Waals surface area contributed by atoms with Crippen LogP contribution in [0.15, 0.2) is 0 Å². The maximum Gasteiger partial charge on any atom is 0.326 e. The van der Waals surface area contributed by atoms with Crippen molar-refractivity contribution in [2.75, 3.05) is 13.1 Å². The molecule has 0 aromatic rings. The van der Waals surface area contributed by atoms with Gasteiger partial charge in [-0.1, -0.05) is 13.8 Å². The minimum atomic E-state index is -1.07. The minimum Gasteiger partial charge on any atom is -0.480 e. The van der Waals surface area contributed by atoms with Crippen LogP contribution in [0.2, 0.25) is 0 Å². The third-order valence-corrected chi connectivity index (χ3v) is 2.98. The first-order valence-corrected chi connectivity index (χ1v) is 6.08. The van der Waals surface area contributed by atoms with Gasteiger partial charge in [0.05, 0.1) is 0 Å². The maximum absolute atomic E-state index is 12.0. The van der Waals surface area contributed by atoms with Crippen LogP contribution in [-0.2, 0) is 9.59 Å². The first-order chi connectivity index (χ1) is 8.51. The summed E-state index contributed by atoms with van der Waals surface area (Å²) in [6.07, 6.45) is 0.807. The Morgan fingerprint density at radius 3 is 2.72 bits per heavy atom. The van der Waals surface area contributed by atoms with Crippen molar-refractivity contribution < 1.29 is 19.5 Å². The van der Waals surface area contributed by atoms with Gasteiger partial charge in [0.1, 0.15) is 12.1 Å². The van der Waals surface area contributed by atoms with Crippen molar-refractivity contribution >= 4 is 17.9 Å². The number of hydrogen-bond donors (Lipinski definition) is 3. The highest BCUT2D eigenvalue weighted by molar-refractivity contribution is 5.89. The summed E-state index contributed by atoms with van der Waals surface area (Å²) in [5, 5.41) is 14.0. The molecule has 0 bridgehead atoms. The highest BCUT2D eigenvalue weighted by Gasteiger charge is 2.33. The van der Waals surface area contributed by atoms with E-state index in [1.807, 2.05) is 6.92 Å². The second-order valence-corrected chi connectivity index (χ2v) is 4.16. The molecule has 1 saturated heterocycles. The fourth-order valence-electron chi connectivity index (χ4n) is 1.93. The molecule has 7 nitrogen and oxygen atoms in total. The molecule has 0 aromatic heterocycles. The van der Waals surface area contributed by atoms with E-state index in [0.717, 1.165) is 0 Å². The first-order valence-electron chi connectivity index (χ1n) is 6.08. The van der Waals surface area contributed by atoms with Crippen LogP contribution in [0.25, 0.3) is 0 Å². The van der Waals surface area contributed by atoms with Crippen LogP contribution in [0, 0.1) is 0 Å². The van der Waals surface area contributed by atoms with Crippen LogP contribution in [0.5, 0.6) is 0 Å². The molecule has 1 aliphatic heterocycles. The van der Waals surface area contributed by atoms with Crippen LogP contribution < -0.4 is 10.6 Å². The van der Waals surface area contributed by atoms with Gasteiger partial charge in [0.25, 0.3) is 0 Å². The lowest BCUT2D eigenvalue weighted by Crippen LogP contribution is -2.60. The molecule has 18 heavy (non-hydrogen) atoms. The van der Waals surface area contributed by atoms with Gasteiger partial charge in [-0.3, -0.25) is 4.79 Å². The average molecular weight is 257 g/mol. The van der Waals surface area contributed by atoms with Gasteiger partial charge in [0, 0.05) is 13.1 Å². The Bertz CT molecular complexity index is 345. The van der Waals surface area contributed by atoms with Crippen molar-refractivity contribution in [1.29, 1.82) is 0 Å². The van der Waals surface area contributed by atoms with Crippen LogP contribution in [0.4, 0.5) is 4.79 Å². The van der Waals surface area contributed by atoms with Crippen LogP contribution >= 0.6 is 0 Å². The summed E-state index contributed by atoms with van der Waals surface area (Å²) in [6.45, 7) is 4.28. The monoisotopic (exact) mass is 257 g/mol. The van der Waals surface area contributed by atoms with Crippen LogP contribution in [-0.4, -0.2) is 53.1 Å². The molecule has 3 amide bonds. The first kappa shape index (κ1) is 14.3. The van der Waals surface area contributed by atoms with Crippen molar-refractivity contribution in [2.45, 2.75) is 38.8 Å². The summed E-state index contributed by atoms with van der Waals surface area (Å²) in [5.74, 6) is -1.26. The molecule has 0 aliphatic carbocycles. The van der Waals surface area contributed by atoms with Crippen LogP contribution in [0.3, 0.4) is 0 Å². The third-order valence-electron chi connectivity index (χ3n) is 2.98. The second kappa shape index (κ2) is 6.23. The Morgan fingerprint density at radius 1 is 1.56 bits per heavy atom. The number of carbonyl (C=O) groups excluding carboxylic acids is 2. The molecule has 3 N–H and O–H groups in total. The number of carbonyl (C=O) groups is 3. The number of piperazine rings is 1. The van der Waals surface area contributed by atoms with Gasteiger partial charge in [-0.25, -0.2) is 9.59 Å². The van der Waals surface area contributed by atoms with E-state index in [1.165, 1.54) is 4.90 Å². The molecule has 1 heterocycles. The summed E-state index contributed by atoms with van der Waals surface area (Å²) in [5.41, 5.74) is 0. The standard InChI is InChI=1S/C11H19N3O4/c1-3-7(10(16)17)13-11(18)14-6-5-12-9(15)8(14)4-2/h7-8H,3-6H2,1-2H3,(H,12,15)(H,13,18)(H,16,17)/t7-,8?/m1/s1. The Hall–Kier alpha value is -1.79. The summed E-state index contributed by atoms with van der Waals surface area (Å²) in [4.78, 5) is 35.8. The van der Waals surface area contributed by atoms with Gasteiger partial charge in [0.15, 0.2) is 0 Å². The molecule has 1 rings (SSSR count). The Kier molecular flexibility index (Phi) is 4.94. The molecule has 1 fully saturated rings. The number of amides is 3. The molecule has 0 aromatic carbocycles. The number of hydrogen-bond acceptors (Lipinski definition) is 3. The normalized spacial score (nSPS) is 21.1. The van der Waals surface area contributed by atoms with Crippen molar-refractivity contribution in [3.8, 4) is 0 Å². The molecule has 1 aliphatic rings. The predicted molar refractivity (Wildman–Crippen MR) is 64.0 cm³/mol. The zero-order chi connectivity index (χ0) is 13.7. The van der Waals surface area contributed by atoms with Gasteiger partial charge in [-0.15, -0.1) is 0 Å². The molecule has 102 valence electrons. The summed E-state index contributed by atoms with van der Waals surface area (Å²) >= 11 is 0. The smallest absolute Gasteiger partial charge is 0.326 e. The second-order valence-electron chi connectivity index (χ2n) is 4.16. The fourth-order valence-corrected chi connectivity index (χ4v) is 1.93.